The summed E-state index contributed by atoms with van der Waals surface area (Å²) in [5.74, 6) is 0.501. The normalized spacial score (nSPS) is 15.5. The van der Waals surface area contributed by atoms with E-state index in [0.717, 1.165) is 11.1 Å². The number of nitrogens with one attached hydrogen (secondary N) is 1. The van der Waals surface area contributed by atoms with Gasteiger partial charge in [-0.3, -0.25) is 4.79 Å². The fourth-order valence-corrected chi connectivity index (χ4v) is 3.25. The van der Waals surface area contributed by atoms with Crippen molar-refractivity contribution in [3.05, 3.63) is 70.9 Å². The first kappa shape index (κ1) is 17.3. The van der Waals surface area contributed by atoms with E-state index in [2.05, 4.69) is 21.5 Å². The number of benzene rings is 2. The highest BCUT2D eigenvalue weighted by Gasteiger charge is 2.33. The third kappa shape index (κ3) is 2.85. The van der Waals surface area contributed by atoms with Gasteiger partial charge in [0.25, 0.3) is 0 Å². The van der Waals surface area contributed by atoms with Crippen LogP contribution in [0, 0.1) is 11.3 Å². The van der Waals surface area contributed by atoms with Crippen LogP contribution in [0.25, 0.3) is 11.4 Å². The Bertz CT molecular complexity index is 1140. The Kier molecular flexibility index (Phi) is 4.05. The van der Waals surface area contributed by atoms with Gasteiger partial charge in [0.05, 0.1) is 17.2 Å². The van der Waals surface area contributed by atoms with Gasteiger partial charge in [0.15, 0.2) is 5.82 Å². The minimum atomic E-state index is -0.570. The number of carbonyl (C=O) groups is 1. The maximum atomic E-state index is 12.2. The Balaban J connectivity index is 1.86. The van der Waals surface area contributed by atoms with Crippen LogP contribution in [-0.4, -0.2) is 25.8 Å². The van der Waals surface area contributed by atoms with Gasteiger partial charge < -0.3 is 16.2 Å². The van der Waals surface area contributed by atoms with Crippen LogP contribution in [-0.2, 0) is 4.79 Å². The molecule has 2 aromatic carbocycles. The van der Waals surface area contributed by atoms with Gasteiger partial charge in [-0.05, 0) is 48.9 Å². The molecule has 0 saturated carbocycles. The SMILES string of the molecule is CC1=C(C(N)=O)C(c2ccc(C#N)cc2)n2nc(-c3ccc(O)cc3)nc2N1. The molecule has 0 radical (unpaired) electrons. The Hall–Kier alpha value is -4.12. The zero-order valence-electron chi connectivity index (χ0n) is 14.9. The number of primary amides is 1. The summed E-state index contributed by atoms with van der Waals surface area (Å²) in [4.78, 5) is 16.7. The van der Waals surface area contributed by atoms with Gasteiger partial charge in [0, 0.05) is 11.3 Å². The molecule has 1 aromatic heterocycles. The number of rotatable bonds is 3. The summed E-state index contributed by atoms with van der Waals surface area (Å²) in [6.07, 6.45) is 0. The van der Waals surface area contributed by atoms with Crippen molar-refractivity contribution in [3.63, 3.8) is 0 Å². The van der Waals surface area contributed by atoms with Gasteiger partial charge in [-0.2, -0.15) is 10.2 Å². The summed E-state index contributed by atoms with van der Waals surface area (Å²) in [7, 11) is 0. The molecule has 0 aliphatic carbocycles. The van der Waals surface area contributed by atoms with Crippen LogP contribution in [0.1, 0.15) is 24.1 Å². The Morgan fingerprint density at radius 1 is 1.21 bits per heavy atom. The molecule has 0 spiro atoms. The molecule has 3 aromatic rings. The minimum absolute atomic E-state index is 0.148. The molecule has 0 saturated heterocycles. The average Bonchev–Trinajstić information content (AvgIpc) is 3.10. The molecule has 1 unspecified atom stereocenters. The summed E-state index contributed by atoms with van der Waals surface area (Å²) in [5.41, 5.74) is 8.62. The van der Waals surface area contributed by atoms with Crippen molar-refractivity contribution in [2.45, 2.75) is 13.0 Å². The van der Waals surface area contributed by atoms with Gasteiger partial charge in [-0.1, -0.05) is 12.1 Å². The van der Waals surface area contributed by atoms with Crippen LogP contribution in [0.5, 0.6) is 5.75 Å². The Labute approximate surface area is 160 Å². The fraction of sp³-hybridized carbons (Fsp3) is 0.100. The minimum Gasteiger partial charge on any atom is -0.508 e. The number of nitrogens with zero attached hydrogens (tertiary/aromatic N) is 4. The second-order valence-corrected chi connectivity index (χ2v) is 6.41. The molecule has 4 N–H and O–H groups in total. The third-order valence-corrected chi connectivity index (χ3v) is 4.60. The number of aromatic hydroxyl groups is 1. The van der Waals surface area contributed by atoms with E-state index in [1.807, 2.05) is 0 Å². The van der Waals surface area contributed by atoms with E-state index in [1.165, 1.54) is 0 Å². The summed E-state index contributed by atoms with van der Waals surface area (Å²) in [6.45, 7) is 1.76. The molecule has 1 aliphatic heterocycles. The molecule has 1 amide bonds. The molecule has 8 heteroatoms. The topological polar surface area (TPSA) is 130 Å². The summed E-state index contributed by atoms with van der Waals surface area (Å²) in [5, 5.41) is 26.2. The second-order valence-electron chi connectivity index (χ2n) is 6.41. The van der Waals surface area contributed by atoms with Crippen molar-refractivity contribution in [2.75, 3.05) is 5.32 Å². The van der Waals surface area contributed by atoms with E-state index in [1.54, 1.807) is 60.1 Å². The van der Waals surface area contributed by atoms with Gasteiger partial charge >= 0.3 is 0 Å². The van der Waals surface area contributed by atoms with Crippen molar-refractivity contribution in [2.24, 2.45) is 5.73 Å². The van der Waals surface area contributed by atoms with Gasteiger partial charge in [0.1, 0.15) is 11.8 Å². The molecular weight excluding hydrogens is 356 g/mol. The lowest BCUT2D eigenvalue weighted by Crippen LogP contribution is -2.31. The number of anilines is 1. The van der Waals surface area contributed by atoms with Crippen molar-refractivity contribution in [1.29, 1.82) is 5.26 Å². The number of amides is 1. The zero-order valence-corrected chi connectivity index (χ0v) is 14.9. The van der Waals surface area contributed by atoms with Crippen LogP contribution < -0.4 is 11.1 Å². The van der Waals surface area contributed by atoms with E-state index >= 15 is 0 Å². The largest absolute Gasteiger partial charge is 0.508 e. The molecule has 1 aliphatic rings. The highest BCUT2D eigenvalue weighted by Crippen LogP contribution is 2.36. The maximum absolute atomic E-state index is 12.2. The van der Waals surface area contributed by atoms with E-state index in [4.69, 9.17) is 11.0 Å². The summed E-state index contributed by atoms with van der Waals surface area (Å²) < 4.78 is 1.61. The monoisotopic (exact) mass is 372 g/mol. The van der Waals surface area contributed by atoms with Crippen LogP contribution in [0.4, 0.5) is 5.95 Å². The highest BCUT2D eigenvalue weighted by atomic mass is 16.3. The number of carbonyl (C=O) groups excluding carboxylic acids is 1. The lowest BCUT2D eigenvalue weighted by atomic mass is 9.95. The van der Waals surface area contributed by atoms with E-state index in [-0.39, 0.29) is 5.75 Å². The molecule has 138 valence electrons. The highest BCUT2D eigenvalue weighted by molar-refractivity contribution is 5.95. The zero-order chi connectivity index (χ0) is 19.8. The lowest BCUT2D eigenvalue weighted by molar-refractivity contribution is -0.115. The first-order valence-electron chi connectivity index (χ1n) is 8.51. The van der Waals surface area contributed by atoms with Gasteiger partial charge in [-0.25, -0.2) is 4.68 Å². The molecule has 0 bridgehead atoms. The first-order chi connectivity index (χ1) is 13.5. The number of aromatic nitrogens is 3. The fourth-order valence-electron chi connectivity index (χ4n) is 3.25. The number of fused-ring (bicyclic) bond motifs is 1. The smallest absolute Gasteiger partial charge is 0.248 e. The molecule has 8 nitrogen and oxygen atoms in total. The van der Waals surface area contributed by atoms with E-state index < -0.39 is 11.9 Å². The van der Waals surface area contributed by atoms with Crippen LogP contribution in [0.3, 0.4) is 0 Å². The molecule has 28 heavy (non-hydrogen) atoms. The Morgan fingerprint density at radius 2 is 1.89 bits per heavy atom. The summed E-state index contributed by atoms with van der Waals surface area (Å²) >= 11 is 0. The standard InChI is InChI=1S/C20H16N6O2/c1-11-16(18(22)28)17(13-4-2-12(10-21)3-5-13)26-20(23-11)24-19(25-26)14-6-8-15(27)9-7-14/h2-9,17,27H,1H3,(H2,22,28)(H,23,24,25). The molecule has 2 heterocycles. The van der Waals surface area contributed by atoms with Gasteiger partial charge in [-0.15, -0.1) is 5.10 Å². The van der Waals surface area contributed by atoms with Crippen LogP contribution in [0.2, 0.25) is 0 Å². The maximum Gasteiger partial charge on any atom is 0.248 e. The summed E-state index contributed by atoms with van der Waals surface area (Å²) in [6, 6.07) is 15.0. The number of hydrogen-bond donors (Lipinski definition) is 3. The van der Waals surface area contributed by atoms with Crippen molar-refractivity contribution >= 4 is 11.9 Å². The number of hydrogen-bond acceptors (Lipinski definition) is 6. The van der Waals surface area contributed by atoms with Crippen molar-refractivity contribution in [3.8, 4) is 23.2 Å². The quantitative estimate of drug-likeness (QED) is 0.647. The lowest BCUT2D eigenvalue weighted by Gasteiger charge is -2.27. The molecule has 1 atom stereocenters. The van der Waals surface area contributed by atoms with E-state index in [9.17, 15) is 9.90 Å². The number of allylic oxidation sites excluding steroid dienone is 1. The van der Waals surface area contributed by atoms with E-state index in [0.29, 0.717) is 28.6 Å². The van der Waals surface area contributed by atoms with Crippen LogP contribution >= 0.6 is 0 Å². The van der Waals surface area contributed by atoms with Gasteiger partial charge in [0.2, 0.25) is 11.9 Å². The molecular formula is C20H16N6O2. The molecule has 4 rings (SSSR count). The molecule has 0 fully saturated rings. The van der Waals surface area contributed by atoms with Crippen LogP contribution in [0.15, 0.2) is 59.8 Å². The predicted octanol–water partition coefficient (Wildman–Crippen LogP) is 2.30. The van der Waals surface area contributed by atoms with Crippen molar-refractivity contribution in [1.82, 2.24) is 14.8 Å². The number of nitrogens with two attached hydrogens (primary N) is 1. The number of phenols is 1. The third-order valence-electron chi connectivity index (χ3n) is 4.60. The second kappa shape index (κ2) is 6.55. The number of phenolic OH excluding ortho intramolecular Hbond substituents is 1. The Morgan fingerprint density at radius 3 is 2.50 bits per heavy atom. The van der Waals surface area contributed by atoms with Crippen molar-refractivity contribution < 1.29 is 9.90 Å². The number of nitriles is 1. The predicted molar refractivity (Wildman–Crippen MR) is 102 cm³/mol. The average molecular weight is 372 g/mol. The first-order valence-corrected chi connectivity index (χ1v) is 8.51.